The predicted octanol–water partition coefficient (Wildman–Crippen LogP) is 6.56. The Morgan fingerprint density at radius 1 is 1.11 bits per heavy atom. The van der Waals surface area contributed by atoms with E-state index in [0.29, 0.717) is 12.8 Å². The van der Waals surface area contributed by atoms with Crippen LogP contribution in [0.1, 0.15) is 66.9 Å². The van der Waals surface area contributed by atoms with E-state index in [0.717, 1.165) is 23.1 Å². The number of ether oxygens (including phenoxy) is 1. The first kappa shape index (κ1) is 29.2. The number of cyclic esters (lactones) is 1. The van der Waals surface area contributed by atoms with Crippen LogP contribution in [0.5, 0.6) is 0 Å². The van der Waals surface area contributed by atoms with Gasteiger partial charge in [0.2, 0.25) is 5.91 Å². The van der Waals surface area contributed by atoms with E-state index in [1.807, 2.05) is 65.0 Å². The average molecular weight is 495 g/mol. The summed E-state index contributed by atoms with van der Waals surface area (Å²) in [6.45, 7) is 14.0. The van der Waals surface area contributed by atoms with Gasteiger partial charge in [-0.25, -0.2) is 4.79 Å². The summed E-state index contributed by atoms with van der Waals surface area (Å²) in [7, 11) is 0. The first-order valence-electron chi connectivity index (χ1n) is 13.0. The second-order valence-corrected chi connectivity index (χ2v) is 10.4. The number of hydrogen-bond acceptors (Lipinski definition) is 4. The Labute approximate surface area is 216 Å². The maximum absolute atomic E-state index is 13.5. The molecule has 0 saturated heterocycles. The van der Waals surface area contributed by atoms with Gasteiger partial charge in [0.25, 0.3) is 0 Å². The number of esters is 1. The van der Waals surface area contributed by atoms with E-state index in [1.54, 1.807) is 0 Å². The molecule has 1 heterocycles. The summed E-state index contributed by atoms with van der Waals surface area (Å²) < 4.78 is 6.14. The molecule has 0 aromatic heterocycles. The smallest absolute Gasteiger partial charge is 0.329 e. The van der Waals surface area contributed by atoms with Crippen LogP contribution in [0.15, 0.2) is 58.7 Å². The van der Waals surface area contributed by atoms with Gasteiger partial charge < -0.3 is 10.1 Å². The Balaban J connectivity index is 2.53. The highest BCUT2D eigenvalue weighted by molar-refractivity contribution is 5.86. The predicted molar refractivity (Wildman–Crippen MR) is 144 cm³/mol. The third kappa shape index (κ3) is 8.27. The maximum atomic E-state index is 13.5. The molecule has 7 unspecified atom stereocenters. The molecule has 0 aliphatic carbocycles. The Morgan fingerprint density at radius 2 is 1.78 bits per heavy atom. The molecule has 196 valence electrons. The van der Waals surface area contributed by atoms with E-state index in [-0.39, 0.29) is 41.7 Å². The molecule has 36 heavy (non-hydrogen) atoms. The molecule has 1 aromatic rings. The lowest BCUT2D eigenvalue weighted by atomic mass is 9.86. The standard InChI is InChI=1S/C29H42N4O3/c1-8-19(3)27-22(6)16-21(5)26(32-33-30)20(4)14-18(2)15-23(7)28(34)31-25(29(35)36-27)17-24-12-10-9-11-13-24/h9-14,16,19-20,22-23,25-27H,8,15,17H2,1-7H3,(H,31,34)/b18-14+,21-16+. The normalized spacial score (nSPS) is 32.2. The van der Waals surface area contributed by atoms with Gasteiger partial charge in [0.05, 0.1) is 6.04 Å². The number of nitrogens with zero attached hydrogens (tertiary/aromatic N) is 3. The molecule has 1 aliphatic heterocycles. The van der Waals surface area contributed by atoms with Gasteiger partial charge in [-0.1, -0.05) is 99.8 Å². The van der Waals surface area contributed by atoms with Crippen molar-refractivity contribution in [1.29, 1.82) is 0 Å². The molecule has 7 nitrogen and oxygen atoms in total. The van der Waals surface area contributed by atoms with Gasteiger partial charge >= 0.3 is 5.97 Å². The zero-order valence-electron chi connectivity index (χ0n) is 22.8. The lowest BCUT2D eigenvalue weighted by molar-refractivity contribution is -0.157. The minimum Gasteiger partial charge on any atom is -0.460 e. The number of carbonyl (C=O) groups is 2. The molecule has 0 bridgehead atoms. The van der Waals surface area contributed by atoms with E-state index < -0.39 is 12.0 Å². The summed E-state index contributed by atoms with van der Waals surface area (Å²) >= 11 is 0. The minimum atomic E-state index is -0.782. The highest BCUT2D eigenvalue weighted by Gasteiger charge is 2.32. The van der Waals surface area contributed by atoms with E-state index in [2.05, 4.69) is 41.3 Å². The summed E-state index contributed by atoms with van der Waals surface area (Å²) in [4.78, 5) is 29.8. The largest absolute Gasteiger partial charge is 0.460 e. The monoisotopic (exact) mass is 494 g/mol. The molecule has 1 aliphatic rings. The fourth-order valence-electron chi connectivity index (χ4n) is 5.01. The number of benzene rings is 1. The van der Waals surface area contributed by atoms with Crippen molar-refractivity contribution in [3.63, 3.8) is 0 Å². The van der Waals surface area contributed by atoms with Crippen molar-refractivity contribution in [2.75, 3.05) is 0 Å². The summed E-state index contributed by atoms with van der Waals surface area (Å²) in [6.07, 6.45) is 5.51. The highest BCUT2D eigenvalue weighted by Crippen LogP contribution is 2.27. The van der Waals surface area contributed by atoms with Crippen LogP contribution in [0.4, 0.5) is 0 Å². The van der Waals surface area contributed by atoms with Gasteiger partial charge in [0.15, 0.2) is 0 Å². The van der Waals surface area contributed by atoms with E-state index in [1.165, 1.54) is 0 Å². The fraction of sp³-hybridized carbons (Fsp3) is 0.586. The number of carbonyl (C=O) groups excluding carboxylic acids is 2. The Kier molecular flexibility index (Phi) is 11.3. The summed E-state index contributed by atoms with van der Waals surface area (Å²) in [5.41, 5.74) is 12.2. The molecule has 7 atom stereocenters. The first-order valence-corrected chi connectivity index (χ1v) is 13.0. The van der Waals surface area contributed by atoms with Crippen LogP contribution in [-0.2, 0) is 20.7 Å². The first-order chi connectivity index (χ1) is 17.1. The van der Waals surface area contributed by atoms with Crippen molar-refractivity contribution in [2.24, 2.45) is 28.8 Å². The second kappa shape index (κ2) is 13.9. The van der Waals surface area contributed by atoms with Crippen LogP contribution in [0.25, 0.3) is 10.4 Å². The molecule has 7 heteroatoms. The highest BCUT2D eigenvalue weighted by atomic mass is 16.5. The van der Waals surface area contributed by atoms with Crippen molar-refractivity contribution in [3.05, 3.63) is 69.6 Å². The quantitative estimate of drug-likeness (QED) is 0.165. The van der Waals surface area contributed by atoms with Crippen molar-refractivity contribution in [3.8, 4) is 0 Å². The van der Waals surface area contributed by atoms with Crippen LogP contribution in [0.3, 0.4) is 0 Å². The second-order valence-electron chi connectivity index (χ2n) is 10.4. The molecule has 0 spiro atoms. The minimum absolute atomic E-state index is 0.0415. The lowest BCUT2D eigenvalue weighted by Crippen LogP contribution is -2.47. The lowest BCUT2D eigenvalue weighted by Gasteiger charge is -2.30. The average Bonchev–Trinajstić information content (AvgIpc) is 2.84. The van der Waals surface area contributed by atoms with Crippen LogP contribution in [-0.4, -0.2) is 30.1 Å². The van der Waals surface area contributed by atoms with Crippen LogP contribution in [0, 0.1) is 23.7 Å². The molecule has 1 amide bonds. The van der Waals surface area contributed by atoms with Crippen molar-refractivity contribution in [1.82, 2.24) is 5.32 Å². The topological polar surface area (TPSA) is 104 Å². The van der Waals surface area contributed by atoms with Crippen molar-refractivity contribution in [2.45, 2.75) is 85.9 Å². The molecular formula is C29H42N4O3. The number of nitrogens with one attached hydrogen (secondary N) is 1. The molecule has 0 radical (unpaired) electrons. The SMILES string of the molecule is CCC(C)C1OC(=O)C(Cc2ccccc2)NC(=O)C(C)C/C(C)=C/C(C)C(N=[N+]=[N-])/C(C)=C/C1C. The molecule has 1 N–H and O–H groups in total. The summed E-state index contributed by atoms with van der Waals surface area (Å²) in [6, 6.07) is 8.52. The molecule has 0 fully saturated rings. The zero-order chi connectivity index (χ0) is 26.8. The van der Waals surface area contributed by atoms with Gasteiger partial charge in [0.1, 0.15) is 12.1 Å². The van der Waals surface area contributed by atoms with Crippen LogP contribution < -0.4 is 5.32 Å². The Morgan fingerprint density at radius 3 is 2.39 bits per heavy atom. The van der Waals surface area contributed by atoms with Gasteiger partial charge in [-0.15, -0.1) is 0 Å². The molecule has 1 aromatic carbocycles. The molecular weight excluding hydrogens is 452 g/mol. The van der Waals surface area contributed by atoms with Crippen molar-refractivity contribution < 1.29 is 14.3 Å². The third-order valence-corrected chi connectivity index (χ3v) is 7.15. The fourth-order valence-corrected chi connectivity index (χ4v) is 5.01. The Bertz CT molecular complexity index is 997. The van der Waals surface area contributed by atoms with Gasteiger partial charge in [-0.3, -0.25) is 4.79 Å². The van der Waals surface area contributed by atoms with E-state index in [9.17, 15) is 15.1 Å². The number of amides is 1. The van der Waals surface area contributed by atoms with E-state index in [4.69, 9.17) is 4.74 Å². The summed E-state index contributed by atoms with van der Waals surface area (Å²) in [5, 5.41) is 7.06. The van der Waals surface area contributed by atoms with Gasteiger partial charge in [-0.05, 0) is 43.2 Å². The Hall–Kier alpha value is -3.05. The van der Waals surface area contributed by atoms with Crippen LogP contribution >= 0.6 is 0 Å². The molecule has 0 saturated carbocycles. The van der Waals surface area contributed by atoms with Gasteiger partial charge in [0, 0.05) is 23.2 Å². The molecule has 2 rings (SSSR count). The number of allylic oxidation sites excluding steroid dienone is 1. The number of rotatable bonds is 5. The van der Waals surface area contributed by atoms with Crippen LogP contribution in [0.2, 0.25) is 0 Å². The third-order valence-electron chi connectivity index (χ3n) is 7.15. The van der Waals surface area contributed by atoms with Crippen molar-refractivity contribution >= 4 is 11.9 Å². The van der Waals surface area contributed by atoms with Gasteiger partial charge in [-0.2, -0.15) is 0 Å². The van der Waals surface area contributed by atoms with E-state index >= 15 is 0 Å². The number of hydrogen-bond donors (Lipinski definition) is 1. The maximum Gasteiger partial charge on any atom is 0.329 e. The zero-order valence-corrected chi connectivity index (χ0v) is 22.8. The summed E-state index contributed by atoms with van der Waals surface area (Å²) in [5.74, 6) is -0.978. The number of azide groups is 1.